The molecule has 0 saturated heterocycles. The van der Waals surface area contributed by atoms with E-state index in [1.54, 1.807) is 24.1 Å². The lowest BCUT2D eigenvalue weighted by atomic mass is 9.94. The molecular formula is C16H20FNO3. The fourth-order valence-corrected chi connectivity index (χ4v) is 2.97. The molecule has 1 amide bonds. The first-order valence-corrected chi connectivity index (χ1v) is 7.16. The zero-order chi connectivity index (χ0) is 15.6. The molecule has 5 heteroatoms. The van der Waals surface area contributed by atoms with Gasteiger partial charge in [-0.05, 0) is 37.5 Å². The van der Waals surface area contributed by atoms with Crippen molar-refractivity contribution in [1.29, 1.82) is 0 Å². The summed E-state index contributed by atoms with van der Waals surface area (Å²) in [6, 6.07) is 5.80. The van der Waals surface area contributed by atoms with E-state index in [4.69, 9.17) is 0 Å². The number of rotatable bonds is 4. The predicted octanol–water partition coefficient (Wildman–Crippen LogP) is 2.85. The van der Waals surface area contributed by atoms with Crippen molar-refractivity contribution in [2.45, 2.75) is 32.2 Å². The van der Waals surface area contributed by atoms with Crippen LogP contribution in [0.15, 0.2) is 24.3 Å². The van der Waals surface area contributed by atoms with E-state index in [-0.39, 0.29) is 17.8 Å². The van der Waals surface area contributed by atoms with Gasteiger partial charge in [-0.3, -0.25) is 9.59 Å². The quantitative estimate of drug-likeness (QED) is 0.928. The highest BCUT2D eigenvalue weighted by atomic mass is 19.1. The van der Waals surface area contributed by atoms with Crippen LogP contribution in [-0.4, -0.2) is 28.9 Å². The number of halogens is 1. The van der Waals surface area contributed by atoms with Gasteiger partial charge in [0.15, 0.2) is 0 Å². The van der Waals surface area contributed by atoms with Crippen molar-refractivity contribution in [3.63, 3.8) is 0 Å². The molecule has 1 saturated carbocycles. The molecule has 1 fully saturated rings. The van der Waals surface area contributed by atoms with E-state index in [9.17, 15) is 19.1 Å². The van der Waals surface area contributed by atoms with Crippen molar-refractivity contribution >= 4 is 11.9 Å². The maximum atomic E-state index is 12.9. The van der Waals surface area contributed by atoms with E-state index in [1.807, 2.05) is 6.92 Å². The van der Waals surface area contributed by atoms with Crippen molar-refractivity contribution in [1.82, 2.24) is 4.90 Å². The summed E-state index contributed by atoms with van der Waals surface area (Å²) < 4.78 is 12.9. The lowest BCUT2D eigenvalue weighted by Crippen LogP contribution is -2.38. The van der Waals surface area contributed by atoms with Crippen molar-refractivity contribution in [2.75, 3.05) is 7.05 Å². The average molecular weight is 293 g/mol. The Morgan fingerprint density at radius 1 is 1.24 bits per heavy atom. The monoisotopic (exact) mass is 293 g/mol. The van der Waals surface area contributed by atoms with Crippen LogP contribution in [0.1, 0.15) is 37.8 Å². The fourth-order valence-electron chi connectivity index (χ4n) is 2.97. The first kappa shape index (κ1) is 15.5. The molecule has 0 aliphatic heterocycles. The number of carboxylic acids is 1. The molecule has 1 aliphatic carbocycles. The van der Waals surface area contributed by atoms with Crippen LogP contribution in [-0.2, 0) is 9.59 Å². The number of carbonyl (C=O) groups excluding carboxylic acids is 1. The number of carbonyl (C=O) groups is 2. The van der Waals surface area contributed by atoms with E-state index in [2.05, 4.69) is 0 Å². The molecule has 0 radical (unpaired) electrons. The van der Waals surface area contributed by atoms with Gasteiger partial charge < -0.3 is 10.0 Å². The Labute approximate surface area is 123 Å². The minimum Gasteiger partial charge on any atom is -0.481 e. The number of aliphatic carboxylic acids is 1. The highest BCUT2D eigenvalue weighted by Gasteiger charge is 2.39. The third-order valence-electron chi connectivity index (χ3n) is 4.43. The average Bonchev–Trinajstić information content (AvgIpc) is 2.95. The Hall–Kier alpha value is -1.91. The summed E-state index contributed by atoms with van der Waals surface area (Å²) in [6.07, 6.45) is 1.95. The molecule has 4 nitrogen and oxygen atoms in total. The Balaban J connectivity index is 2.11. The molecule has 1 aliphatic rings. The molecule has 2 rings (SSSR count). The molecule has 3 atom stereocenters. The number of nitrogens with zero attached hydrogens (tertiary/aromatic N) is 1. The van der Waals surface area contributed by atoms with Crippen molar-refractivity contribution < 1.29 is 19.1 Å². The van der Waals surface area contributed by atoms with E-state index in [1.165, 1.54) is 12.1 Å². The lowest BCUT2D eigenvalue weighted by Gasteiger charge is -2.29. The van der Waals surface area contributed by atoms with Crippen molar-refractivity contribution in [3.8, 4) is 0 Å². The third-order valence-corrected chi connectivity index (χ3v) is 4.43. The smallest absolute Gasteiger partial charge is 0.307 e. The first-order chi connectivity index (χ1) is 9.91. The molecule has 0 spiro atoms. The molecule has 0 aromatic heterocycles. The Kier molecular flexibility index (Phi) is 4.60. The van der Waals surface area contributed by atoms with Crippen LogP contribution in [0, 0.1) is 17.7 Å². The second kappa shape index (κ2) is 6.24. The van der Waals surface area contributed by atoms with Crippen LogP contribution < -0.4 is 0 Å². The minimum absolute atomic E-state index is 0.142. The number of hydrogen-bond donors (Lipinski definition) is 1. The standard InChI is InChI=1S/C16H20FNO3/c1-10(11-6-8-12(17)9-7-11)18(2)15(19)13-4-3-5-14(13)16(20)21/h6-10,13-14H,3-5H2,1-2H3,(H,20,21)/t10?,13-,14+/m1/s1. The number of carboxylic acid groups (broad SMARTS) is 1. The summed E-state index contributed by atoms with van der Waals surface area (Å²) in [7, 11) is 1.67. The molecule has 1 aromatic rings. The Bertz CT molecular complexity index is 529. The van der Waals surface area contributed by atoms with Gasteiger partial charge in [-0.25, -0.2) is 4.39 Å². The molecule has 1 N–H and O–H groups in total. The molecule has 0 bridgehead atoms. The summed E-state index contributed by atoms with van der Waals surface area (Å²) in [5.74, 6) is -2.39. The molecule has 1 unspecified atom stereocenters. The first-order valence-electron chi connectivity index (χ1n) is 7.16. The van der Waals surface area contributed by atoms with Gasteiger partial charge >= 0.3 is 5.97 Å². The van der Waals surface area contributed by atoms with E-state index >= 15 is 0 Å². The zero-order valence-corrected chi connectivity index (χ0v) is 12.3. The van der Waals surface area contributed by atoms with Gasteiger partial charge in [-0.15, -0.1) is 0 Å². The molecular weight excluding hydrogens is 273 g/mol. The highest BCUT2D eigenvalue weighted by Crippen LogP contribution is 2.34. The molecule has 0 heterocycles. The van der Waals surface area contributed by atoms with Gasteiger partial charge in [0, 0.05) is 7.05 Å². The van der Waals surface area contributed by atoms with Crippen molar-refractivity contribution in [2.24, 2.45) is 11.8 Å². The van der Waals surface area contributed by atoms with E-state index in [0.717, 1.165) is 12.0 Å². The summed E-state index contributed by atoms with van der Waals surface area (Å²) in [6.45, 7) is 1.86. The van der Waals surface area contributed by atoms with Gasteiger partial charge in [0.2, 0.25) is 5.91 Å². The zero-order valence-electron chi connectivity index (χ0n) is 12.3. The van der Waals surface area contributed by atoms with Gasteiger partial charge in [-0.1, -0.05) is 18.6 Å². The molecule has 1 aromatic carbocycles. The van der Waals surface area contributed by atoms with Crippen LogP contribution >= 0.6 is 0 Å². The van der Waals surface area contributed by atoms with Crippen molar-refractivity contribution in [3.05, 3.63) is 35.6 Å². The van der Waals surface area contributed by atoms with Crippen LogP contribution in [0.2, 0.25) is 0 Å². The second-order valence-corrected chi connectivity index (χ2v) is 5.66. The maximum absolute atomic E-state index is 12.9. The number of hydrogen-bond acceptors (Lipinski definition) is 2. The van der Waals surface area contributed by atoms with Gasteiger partial charge in [0.05, 0.1) is 17.9 Å². The summed E-state index contributed by atoms with van der Waals surface area (Å²) >= 11 is 0. The van der Waals surface area contributed by atoms with Gasteiger partial charge in [0.25, 0.3) is 0 Å². The van der Waals surface area contributed by atoms with E-state index in [0.29, 0.717) is 12.8 Å². The second-order valence-electron chi connectivity index (χ2n) is 5.66. The predicted molar refractivity (Wildman–Crippen MR) is 76.1 cm³/mol. The number of benzene rings is 1. The molecule has 21 heavy (non-hydrogen) atoms. The van der Waals surface area contributed by atoms with Gasteiger partial charge in [-0.2, -0.15) is 0 Å². The number of amides is 1. The largest absolute Gasteiger partial charge is 0.481 e. The minimum atomic E-state index is -0.895. The van der Waals surface area contributed by atoms with E-state index < -0.39 is 17.8 Å². The topological polar surface area (TPSA) is 57.6 Å². The van der Waals surface area contributed by atoms with Crippen LogP contribution in [0.4, 0.5) is 4.39 Å². The van der Waals surface area contributed by atoms with Crippen LogP contribution in [0.3, 0.4) is 0 Å². The summed E-state index contributed by atoms with van der Waals surface area (Å²) in [5.41, 5.74) is 0.831. The summed E-state index contributed by atoms with van der Waals surface area (Å²) in [4.78, 5) is 25.3. The Morgan fingerprint density at radius 2 is 1.81 bits per heavy atom. The highest BCUT2D eigenvalue weighted by molar-refractivity contribution is 5.85. The Morgan fingerprint density at radius 3 is 2.38 bits per heavy atom. The van der Waals surface area contributed by atoms with Crippen LogP contribution in [0.5, 0.6) is 0 Å². The SMILES string of the molecule is CC(c1ccc(F)cc1)N(C)C(=O)[C@@H]1CCC[C@@H]1C(=O)O. The normalized spacial score (nSPS) is 22.8. The van der Waals surface area contributed by atoms with Crippen LogP contribution in [0.25, 0.3) is 0 Å². The lowest BCUT2D eigenvalue weighted by molar-refractivity contribution is -0.149. The maximum Gasteiger partial charge on any atom is 0.307 e. The third kappa shape index (κ3) is 3.23. The fraction of sp³-hybridized carbons (Fsp3) is 0.500. The summed E-state index contributed by atoms with van der Waals surface area (Å²) in [5, 5.41) is 9.19. The van der Waals surface area contributed by atoms with Gasteiger partial charge in [0.1, 0.15) is 5.82 Å². The molecule has 114 valence electrons.